The maximum absolute atomic E-state index is 12.3. The fraction of sp³-hybridized carbons (Fsp3) is 0.400. The highest BCUT2D eigenvalue weighted by Gasteiger charge is 2.51. The van der Waals surface area contributed by atoms with E-state index >= 15 is 0 Å². The minimum absolute atomic E-state index is 0.252. The van der Waals surface area contributed by atoms with E-state index in [0.29, 0.717) is 5.56 Å². The van der Waals surface area contributed by atoms with Gasteiger partial charge >= 0.3 is 23.2 Å². The van der Waals surface area contributed by atoms with E-state index in [1.165, 1.54) is 19.1 Å². The molecule has 10 heteroatoms. The van der Waals surface area contributed by atoms with E-state index in [4.69, 9.17) is 0 Å². The van der Waals surface area contributed by atoms with Crippen LogP contribution in [0.2, 0.25) is 0 Å². The van der Waals surface area contributed by atoms with Crippen LogP contribution in [0.15, 0.2) is 30.3 Å². The number of benzene rings is 1. The van der Waals surface area contributed by atoms with Crippen LogP contribution in [0.25, 0.3) is 0 Å². The van der Waals surface area contributed by atoms with Crippen molar-refractivity contribution in [1.29, 1.82) is 0 Å². The highest BCUT2D eigenvalue weighted by molar-refractivity contribution is 7.91. The summed E-state index contributed by atoms with van der Waals surface area (Å²) >= 11 is 0. The Balaban J connectivity index is 3.02. The Labute approximate surface area is 114 Å². The number of hydrogen-bond acceptors (Lipinski definition) is 5. The molecule has 1 aromatic rings. The molecule has 0 radical (unpaired) electrons. The summed E-state index contributed by atoms with van der Waals surface area (Å²) in [5, 5.41) is 0. The topological polar surface area (TPSA) is 69.7 Å². The molecule has 0 aliphatic heterocycles. The fourth-order valence-electron chi connectivity index (χ4n) is 1.29. The Morgan fingerprint density at radius 3 is 2.25 bits per heavy atom. The predicted octanol–water partition coefficient (Wildman–Crippen LogP) is 3.28. The second kappa shape index (κ2) is 6.26. The Kier molecular flexibility index (Phi) is 5.37. The molecule has 0 aliphatic carbocycles. The molecule has 0 spiro atoms. The molecule has 1 atom stereocenters. The van der Waals surface area contributed by atoms with Gasteiger partial charge in [-0.15, -0.1) is 0 Å². The Morgan fingerprint density at radius 2 is 1.80 bits per heavy atom. The average molecular weight is 334 g/mol. The quantitative estimate of drug-likeness (QED) is 0.454. The highest BCUT2D eigenvalue weighted by Crippen LogP contribution is 2.54. The predicted molar refractivity (Wildman–Crippen MR) is 65.4 cm³/mol. The minimum atomic E-state index is -5.99. The normalized spacial score (nSPS) is 15.8. The first-order chi connectivity index (χ1) is 9.10. The smallest absolute Gasteiger partial charge is 0.308 e. The van der Waals surface area contributed by atoms with Crippen LogP contribution in [0.4, 0.5) is 13.2 Å². The lowest BCUT2D eigenvalue weighted by atomic mass is 10.2. The summed E-state index contributed by atoms with van der Waals surface area (Å²) in [4.78, 5) is 0. The third-order valence-corrected chi connectivity index (χ3v) is 5.70. The maximum Gasteiger partial charge on any atom is 0.523 e. The van der Waals surface area contributed by atoms with Gasteiger partial charge in [0.15, 0.2) is 0 Å². The Morgan fingerprint density at radius 1 is 1.25 bits per heavy atom. The van der Waals surface area contributed by atoms with Gasteiger partial charge in [-0.1, -0.05) is 30.3 Å². The molecule has 0 aromatic heterocycles. The fourth-order valence-corrected chi connectivity index (χ4v) is 4.35. The van der Waals surface area contributed by atoms with Crippen LogP contribution in [0, 0.1) is 0 Å². The van der Waals surface area contributed by atoms with E-state index in [0.717, 1.165) is 0 Å². The molecule has 5 nitrogen and oxygen atoms in total. The van der Waals surface area contributed by atoms with Crippen LogP contribution in [0.5, 0.6) is 0 Å². The molecule has 0 aliphatic rings. The van der Waals surface area contributed by atoms with Crippen LogP contribution in [0.1, 0.15) is 12.5 Å². The van der Waals surface area contributed by atoms with Gasteiger partial charge in [-0.25, -0.2) is 0 Å². The van der Waals surface area contributed by atoms with Crippen molar-refractivity contribution in [3.8, 4) is 0 Å². The van der Waals surface area contributed by atoms with Crippen molar-refractivity contribution in [2.45, 2.75) is 18.6 Å². The summed E-state index contributed by atoms with van der Waals surface area (Å²) in [6.07, 6.45) is -0.572. The van der Waals surface area contributed by atoms with Crippen molar-refractivity contribution in [3.05, 3.63) is 35.9 Å². The molecule has 1 unspecified atom stereocenters. The summed E-state index contributed by atoms with van der Waals surface area (Å²) in [7, 11) is -10.5. The summed E-state index contributed by atoms with van der Waals surface area (Å²) in [5.41, 5.74) is -5.32. The molecule has 0 heterocycles. The molecule has 1 rings (SSSR count). The van der Waals surface area contributed by atoms with Crippen LogP contribution in [-0.2, 0) is 29.3 Å². The summed E-state index contributed by atoms with van der Waals surface area (Å²) < 4.78 is 79.2. The van der Waals surface area contributed by atoms with E-state index in [2.05, 4.69) is 8.49 Å². The summed E-state index contributed by atoms with van der Waals surface area (Å²) in [5.74, 6) is 0. The molecule has 0 saturated carbocycles. The first-order valence-electron chi connectivity index (χ1n) is 5.40. The van der Waals surface area contributed by atoms with E-state index in [1.807, 2.05) is 0 Å². The van der Waals surface area contributed by atoms with Gasteiger partial charge < -0.3 is 4.52 Å². The van der Waals surface area contributed by atoms with Gasteiger partial charge in [-0.2, -0.15) is 25.6 Å². The molecule has 0 N–H and O–H groups in total. The maximum atomic E-state index is 12.3. The van der Waals surface area contributed by atoms with Gasteiger partial charge in [0, 0.05) is 0 Å². The lowest BCUT2D eigenvalue weighted by molar-refractivity contribution is -0.0505. The second-order valence-electron chi connectivity index (χ2n) is 3.65. The number of rotatable bonds is 6. The van der Waals surface area contributed by atoms with Crippen molar-refractivity contribution in [2.24, 2.45) is 0 Å². The number of alkyl halides is 3. The molecule has 114 valence electrons. The van der Waals surface area contributed by atoms with E-state index < -0.39 is 29.4 Å². The van der Waals surface area contributed by atoms with Gasteiger partial charge in [-0.3, -0.25) is 4.57 Å². The van der Waals surface area contributed by atoms with Crippen molar-refractivity contribution in [3.63, 3.8) is 0 Å². The van der Waals surface area contributed by atoms with Crippen molar-refractivity contribution >= 4 is 17.7 Å². The Hall–Kier alpha value is -0.890. The van der Waals surface area contributed by atoms with Gasteiger partial charge in [0.1, 0.15) is 0 Å². The number of hydrogen-bond donors (Lipinski definition) is 0. The lowest BCUT2D eigenvalue weighted by Gasteiger charge is -2.18. The van der Waals surface area contributed by atoms with Gasteiger partial charge in [-0.05, 0) is 12.5 Å². The van der Waals surface area contributed by atoms with E-state index in [1.54, 1.807) is 18.2 Å². The van der Waals surface area contributed by atoms with Crippen molar-refractivity contribution in [1.82, 2.24) is 0 Å². The summed E-state index contributed by atoms with van der Waals surface area (Å²) in [6.45, 7) is 1.11. The summed E-state index contributed by atoms with van der Waals surface area (Å²) in [6, 6.07) is 7.70. The zero-order valence-corrected chi connectivity index (χ0v) is 12.0. The zero-order chi connectivity index (χ0) is 15.4. The van der Waals surface area contributed by atoms with Crippen LogP contribution >= 0.6 is 7.60 Å². The van der Waals surface area contributed by atoms with Crippen molar-refractivity contribution < 1.29 is 34.6 Å². The zero-order valence-electron chi connectivity index (χ0n) is 10.3. The van der Waals surface area contributed by atoms with Crippen molar-refractivity contribution in [2.75, 3.05) is 6.61 Å². The first-order valence-corrected chi connectivity index (χ1v) is 8.53. The van der Waals surface area contributed by atoms with Gasteiger partial charge in [0.05, 0.1) is 12.8 Å². The van der Waals surface area contributed by atoms with Gasteiger partial charge in [0.2, 0.25) is 0 Å². The van der Waals surface area contributed by atoms with Crippen LogP contribution in [-0.4, -0.2) is 20.5 Å². The van der Waals surface area contributed by atoms with Crippen LogP contribution < -0.4 is 0 Å². The standard InChI is InChI=1S/C10H12F3O5PS/c1-2-17-19(14,8-9-6-4-3-5-7-9)18-20(15,16)10(11,12)13/h3-7H,2,8H2,1H3/i14+2. The van der Waals surface area contributed by atoms with E-state index in [-0.39, 0.29) is 6.61 Å². The largest absolute Gasteiger partial charge is 0.523 e. The molecular weight excluding hydrogens is 322 g/mol. The molecule has 0 fully saturated rings. The van der Waals surface area contributed by atoms with Gasteiger partial charge in [0.25, 0.3) is 0 Å². The Bertz CT molecular complexity index is 585. The molecule has 0 amide bonds. The molecule has 0 bridgehead atoms. The molecule has 1 aromatic carbocycles. The SMILES string of the molecule is CCOP(=[18O])(Cc1ccccc1)OS(=O)(=O)C(F)(F)F. The monoisotopic (exact) mass is 334 g/mol. The minimum Gasteiger partial charge on any atom is -0.308 e. The van der Waals surface area contributed by atoms with Crippen LogP contribution in [0.3, 0.4) is 0 Å². The van der Waals surface area contributed by atoms with E-state index in [9.17, 15) is 26.2 Å². The third-order valence-electron chi connectivity index (χ3n) is 2.04. The molecular formula is C10H12F3O5PS. The number of halogens is 3. The highest BCUT2D eigenvalue weighted by atomic mass is 32.2. The third kappa shape index (κ3) is 4.59. The second-order valence-corrected chi connectivity index (χ2v) is 7.41. The molecule has 0 saturated heterocycles. The average Bonchev–Trinajstić information content (AvgIpc) is 2.27. The lowest BCUT2D eigenvalue weighted by Crippen LogP contribution is -2.25. The molecule has 20 heavy (non-hydrogen) atoms. The first kappa shape index (κ1) is 17.2.